The molecule has 0 bridgehead atoms. The first-order valence-corrected chi connectivity index (χ1v) is 9.84. The van der Waals surface area contributed by atoms with Gasteiger partial charge >= 0.3 is 0 Å². The van der Waals surface area contributed by atoms with Crippen LogP contribution in [0.4, 0.5) is 0 Å². The number of hydrogen-bond acceptors (Lipinski definition) is 4. The molecule has 142 valence electrons. The van der Waals surface area contributed by atoms with E-state index in [-0.39, 0.29) is 5.54 Å². The Labute approximate surface area is 150 Å². The second-order valence-corrected chi connectivity index (χ2v) is 9.82. The van der Waals surface area contributed by atoms with Crippen molar-refractivity contribution in [3.8, 4) is 0 Å². The second-order valence-electron chi connectivity index (χ2n) is 9.82. The van der Waals surface area contributed by atoms with Crippen LogP contribution in [-0.4, -0.2) is 84.8 Å². The molecule has 0 aromatic heterocycles. The van der Waals surface area contributed by atoms with Crippen LogP contribution in [0.2, 0.25) is 0 Å². The molecule has 2 aliphatic rings. The molecule has 2 fully saturated rings. The van der Waals surface area contributed by atoms with Gasteiger partial charge in [0.1, 0.15) is 0 Å². The van der Waals surface area contributed by atoms with E-state index in [1.807, 2.05) is 7.11 Å². The standard InChI is InChI=1S/C20H41N3O/c1-19(2,3)22-10-8-17(9-11-22)14-21-12-13-23(20(4,5)6)15-18(21)16-24-7/h17-18H,8-16H2,1-7H3. The number of rotatable bonds is 4. The van der Waals surface area contributed by atoms with Crippen molar-refractivity contribution in [2.24, 2.45) is 5.92 Å². The van der Waals surface area contributed by atoms with Crippen molar-refractivity contribution in [1.82, 2.24) is 14.7 Å². The van der Waals surface area contributed by atoms with Gasteiger partial charge in [0.05, 0.1) is 6.61 Å². The van der Waals surface area contributed by atoms with E-state index in [4.69, 9.17) is 4.74 Å². The zero-order valence-corrected chi connectivity index (χ0v) is 17.3. The average Bonchev–Trinajstić information content (AvgIpc) is 2.48. The molecule has 0 amide bonds. The molecule has 0 saturated carbocycles. The minimum absolute atomic E-state index is 0.260. The Balaban J connectivity index is 1.87. The van der Waals surface area contributed by atoms with Crippen molar-refractivity contribution in [2.75, 3.05) is 53.0 Å². The number of ether oxygens (including phenoxy) is 1. The highest BCUT2D eigenvalue weighted by Crippen LogP contribution is 2.26. The lowest BCUT2D eigenvalue weighted by Crippen LogP contribution is -2.60. The molecule has 2 aliphatic heterocycles. The number of piperidine rings is 1. The summed E-state index contributed by atoms with van der Waals surface area (Å²) in [5.74, 6) is 0.851. The van der Waals surface area contributed by atoms with Crippen molar-refractivity contribution < 1.29 is 4.74 Å². The molecule has 0 spiro atoms. The highest BCUT2D eigenvalue weighted by atomic mass is 16.5. The molecule has 0 aliphatic carbocycles. The average molecular weight is 340 g/mol. The molecule has 0 aromatic rings. The van der Waals surface area contributed by atoms with E-state index in [1.165, 1.54) is 45.6 Å². The summed E-state index contributed by atoms with van der Waals surface area (Å²) >= 11 is 0. The molecular weight excluding hydrogens is 298 g/mol. The van der Waals surface area contributed by atoms with Crippen LogP contribution in [-0.2, 0) is 4.74 Å². The minimum atomic E-state index is 0.260. The maximum atomic E-state index is 5.55. The van der Waals surface area contributed by atoms with Gasteiger partial charge in [-0.25, -0.2) is 0 Å². The maximum absolute atomic E-state index is 5.55. The van der Waals surface area contributed by atoms with Crippen molar-refractivity contribution in [1.29, 1.82) is 0 Å². The third-order valence-electron chi connectivity index (χ3n) is 5.97. The van der Waals surface area contributed by atoms with Gasteiger partial charge in [0.25, 0.3) is 0 Å². The van der Waals surface area contributed by atoms with Crippen LogP contribution in [0.15, 0.2) is 0 Å². The second kappa shape index (κ2) is 8.03. The molecule has 2 saturated heterocycles. The van der Waals surface area contributed by atoms with Gasteiger partial charge in [0.15, 0.2) is 0 Å². The molecule has 24 heavy (non-hydrogen) atoms. The van der Waals surface area contributed by atoms with Crippen LogP contribution in [0.5, 0.6) is 0 Å². The first-order valence-electron chi connectivity index (χ1n) is 9.84. The van der Waals surface area contributed by atoms with Crippen molar-refractivity contribution in [3.63, 3.8) is 0 Å². The van der Waals surface area contributed by atoms with Crippen LogP contribution in [0.25, 0.3) is 0 Å². The molecular formula is C20H41N3O. The van der Waals surface area contributed by atoms with Gasteiger partial charge < -0.3 is 4.74 Å². The topological polar surface area (TPSA) is 19.0 Å². The summed E-state index contributed by atoms with van der Waals surface area (Å²) in [6.45, 7) is 22.1. The van der Waals surface area contributed by atoms with E-state index in [2.05, 4.69) is 56.2 Å². The van der Waals surface area contributed by atoms with Gasteiger partial charge in [0, 0.05) is 50.4 Å². The summed E-state index contributed by atoms with van der Waals surface area (Å²) in [6, 6.07) is 0.545. The Morgan fingerprint density at radius 2 is 1.42 bits per heavy atom. The lowest BCUT2D eigenvalue weighted by Gasteiger charge is -2.48. The first-order chi connectivity index (χ1) is 11.1. The van der Waals surface area contributed by atoms with Crippen LogP contribution in [0, 0.1) is 5.92 Å². The van der Waals surface area contributed by atoms with Gasteiger partial charge in [-0.15, -0.1) is 0 Å². The highest BCUT2D eigenvalue weighted by Gasteiger charge is 2.34. The lowest BCUT2D eigenvalue weighted by atomic mass is 9.91. The van der Waals surface area contributed by atoms with Gasteiger partial charge in [-0.2, -0.15) is 0 Å². The summed E-state index contributed by atoms with van der Waals surface area (Å²) in [5.41, 5.74) is 0.581. The van der Waals surface area contributed by atoms with E-state index < -0.39 is 0 Å². The van der Waals surface area contributed by atoms with Gasteiger partial charge in [0.2, 0.25) is 0 Å². The Kier molecular flexibility index (Phi) is 6.74. The Morgan fingerprint density at radius 1 is 0.833 bits per heavy atom. The minimum Gasteiger partial charge on any atom is -0.383 e. The van der Waals surface area contributed by atoms with Crippen LogP contribution >= 0.6 is 0 Å². The number of piperazine rings is 1. The fraction of sp³-hybridized carbons (Fsp3) is 1.00. The quantitative estimate of drug-likeness (QED) is 0.784. The normalized spacial score (nSPS) is 26.9. The SMILES string of the molecule is COCC1CN(C(C)(C)C)CCN1CC1CCN(C(C)(C)C)CC1. The van der Waals surface area contributed by atoms with Gasteiger partial charge in [-0.05, 0) is 73.4 Å². The predicted octanol–water partition coefficient (Wildman–Crippen LogP) is 2.93. The monoisotopic (exact) mass is 339 g/mol. The fourth-order valence-corrected chi connectivity index (χ4v) is 4.21. The molecule has 2 rings (SSSR count). The molecule has 0 aromatic carbocycles. The number of likely N-dealkylation sites (tertiary alicyclic amines) is 1. The maximum Gasteiger partial charge on any atom is 0.0630 e. The van der Waals surface area contributed by atoms with E-state index in [9.17, 15) is 0 Å². The van der Waals surface area contributed by atoms with Crippen LogP contribution < -0.4 is 0 Å². The molecule has 1 atom stereocenters. The Morgan fingerprint density at radius 3 is 1.92 bits per heavy atom. The predicted molar refractivity (Wildman–Crippen MR) is 103 cm³/mol. The zero-order chi connectivity index (χ0) is 18.0. The first kappa shape index (κ1) is 20.2. The summed E-state index contributed by atoms with van der Waals surface area (Å²) < 4.78 is 5.55. The third kappa shape index (κ3) is 5.42. The summed E-state index contributed by atoms with van der Waals surface area (Å²) in [4.78, 5) is 7.98. The largest absolute Gasteiger partial charge is 0.383 e. The van der Waals surface area contributed by atoms with Gasteiger partial charge in [-0.3, -0.25) is 14.7 Å². The molecule has 1 unspecified atom stereocenters. The molecule has 0 radical (unpaired) electrons. The third-order valence-corrected chi connectivity index (χ3v) is 5.97. The van der Waals surface area contributed by atoms with E-state index in [0.29, 0.717) is 11.6 Å². The highest BCUT2D eigenvalue weighted by molar-refractivity contribution is 4.90. The van der Waals surface area contributed by atoms with E-state index in [1.54, 1.807) is 0 Å². The summed E-state index contributed by atoms with van der Waals surface area (Å²) in [5, 5.41) is 0. The summed E-state index contributed by atoms with van der Waals surface area (Å²) in [6.07, 6.45) is 2.69. The van der Waals surface area contributed by atoms with Crippen molar-refractivity contribution >= 4 is 0 Å². The van der Waals surface area contributed by atoms with Crippen LogP contribution in [0.3, 0.4) is 0 Å². The fourth-order valence-electron chi connectivity index (χ4n) is 4.21. The molecule has 4 nitrogen and oxygen atoms in total. The lowest BCUT2D eigenvalue weighted by molar-refractivity contribution is -0.0212. The summed E-state index contributed by atoms with van der Waals surface area (Å²) in [7, 11) is 1.84. The number of hydrogen-bond donors (Lipinski definition) is 0. The zero-order valence-electron chi connectivity index (χ0n) is 17.3. The van der Waals surface area contributed by atoms with Crippen molar-refractivity contribution in [3.05, 3.63) is 0 Å². The Hall–Kier alpha value is -0.160. The molecule has 4 heteroatoms. The number of methoxy groups -OCH3 is 1. The smallest absolute Gasteiger partial charge is 0.0630 e. The van der Waals surface area contributed by atoms with E-state index in [0.717, 1.165) is 19.1 Å². The van der Waals surface area contributed by atoms with Crippen molar-refractivity contribution in [2.45, 2.75) is 71.5 Å². The van der Waals surface area contributed by atoms with Gasteiger partial charge in [-0.1, -0.05) is 0 Å². The molecule has 0 N–H and O–H groups in total. The Bertz CT molecular complexity index is 377. The molecule has 2 heterocycles. The number of nitrogens with zero attached hydrogens (tertiary/aromatic N) is 3. The van der Waals surface area contributed by atoms with Crippen LogP contribution in [0.1, 0.15) is 54.4 Å². The van der Waals surface area contributed by atoms with E-state index >= 15 is 0 Å².